The van der Waals surface area contributed by atoms with Gasteiger partial charge < -0.3 is 10.6 Å². The molecule has 4 heteroatoms. The van der Waals surface area contributed by atoms with E-state index in [0.717, 1.165) is 44.4 Å². The molecular weight excluding hydrogens is 202 g/mol. The third-order valence-electron chi connectivity index (χ3n) is 3.74. The highest BCUT2D eigenvalue weighted by molar-refractivity contribution is 6.10. The average Bonchev–Trinajstić information content (AvgIpc) is 2.82. The minimum absolute atomic E-state index is 0.0843. The second-order valence-electron chi connectivity index (χ2n) is 4.97. The summed E-state index contributed by atoms with van der Waals surface area (Å²) in [5, 5.41) is 0. The molecule has 16 heavy (non-hydrogen) atoms. The molecule has 2 N–H and O–H groups in total. The molecule has 1 heterocycles. The van der Waals surface area contributed by atoms with E-state index in [0.29, 0.717) is 0 Å². The summed E-state index contributed by atoms with van der Waals surface area (Å²) in [6.07, 6.45) is 5.94. The van der Waals surface area contributed by atoms with E-state index in [1.807, 2.05) is 7.05 Å². The smallest absolute Gasteiger partial charge is 0.255 e. The Labute approximate surface area is 96.9 Å². The van der Waals surface area contributed by atoms with Crippen LogP contribution in [0.25, 0.3) is 0 Å². The van der Waals surface area contributed by atoms with E-state index in [9.17, 15) is 4.79 Å². The highest BCUT2D eigenvalue weighted by Crippen LogP contribution is 2.38. The SMILES string of the molecule is CCCC(N)C1=NC2(CCCC2)C(=O)N1C. The first-order chi connectivity index (χ1) is 7.60. The van der Waals surface area contributed by atoms with Gasteiger partial charge in [0, 0.05) is 7.05 Å². The topological polar surface area (TPSA) is 58.7 Å². The van der Waals surface area contributed by atoms with Gasteiger partial charge in [-0.1, -0.05) is 26.2 Å². The number of hydrogen-bond donors (Lipinski definition) is 1. The summed E-state index contributed by atoms with van der Waals surface area (Å²) >= 11 is 0. The number of carbonyl (C=O) groups is 1. The van der Waals surface area contributed by atoms with Crippen LogP contribution in [0.3, 0.4) is 0 Å². The Morgan fingerprint density at radius 2 is 2.12 bits per heavy atom. The van der Waals surface area contributed by atoms with Crippen LogP contribution < -0.4 is 5.73 Å². The van der Waals surface area contributed by atoms with Gasteiger partial charge in [-0.05, 0) is 19.3 Å². The van der Waals surface area contributed by atoms with Crippen molar-refractivity contribution >= 4 is 11.7 Å². The zero-order valence-corrected chi connectivity index (χ0v) is 10.2. The molecule has 1 fully saturated rings. The van der Waals surface area contributed by atoms with Gasteiger partial charge in [-0.15, -0.1) is 0 Å². The van der Waals surface area contributed by atoms with Gasteiger partial charge in [0.1, 0.15) is 11.4 Å². The number of amidine groups is 1. The van der Waals surface area contributed by atoms with Gasteiger partial charge in [-0.2, -0.15) is 0 Å². The molecule has 0 aromatic rings. The van der Waals surface area contributed by atoms with Crippen LogP contribution in [-0.2, 0) is 4.79 Å². The van der Waals surface area contributed by atoms with E-state index in [4.69, 9.17) is 5.73 Å². The lowest BCUT2D eigenvalue weighted by atomic mass is 9.98. The molecule has 0 bridgehead atoms. The lowest BCUT2D eigenvalue weighted by Crippen LogP contribution is -2.43. The van der Waals surface area contributed by atoms with Crippen molar-refractivity contribution in [1.82, 2.24) is 4.90 Å². The molecule has 0 aromatic carbocycles. The quantitative estimate of drug-likeness (QED) is 0.784. The van der Waals surface area contributed by atoms with Gasteiger partial charge >= 0.3 is 0 Å². The van der Waals surface area contributed by atoms with Crippen molar-refractivity contribution < 1.29 is 4.79 Å². The van der Waals surface area contributed by atoms with Crippen molar-refractivity contribution in [2.75, 3.05) is 7.05 Å². The maximum Gasteiger partial charge on any atom is 0.255 e. The van der Waals surface area contributed by atoms with Gasteiger partial charge in [0.2, 0.25) is 0 Å². The van der Waals surface area contributed by atoms with Crippen molar-refractivity contribution in [3.05, 3.63) is 0 Å². The molecule has 1 unspecified atom stereocenters. The fourth-order valence-electron chi connectivity index (χ4n) is 2.82. The summed E-state index contributed by atoms with van der Waals surface area (Å²) in [7, 11) is 1.81. The maximum atomic E-state index is 12.2. The van der Waals surface area contributed by atoms with Crippen LogP contribution in [0.2, 0.25) is 0 Å². The van der Waals surface area contributed by atoms with Crippen LogP contribution in [0.1, 0.15) is 45.4 Å². The number of hydrogen-bond acceptors (Lipinski definition) is 3. The number of nitrogens with zero attached hydrogens (tertiary/aromatic N) is 2. The summed E-state index contributed by atoms with van der Waals surface area (Å²) in [6, 6.07) is -0.0843. The molecule has 2 rings (SSSR count). The number of carbonyl (C=O) groups excluding carboxylic acids is 1. The molecule has 1 spiro atoms. The molecule has 90 valence electrons. The highest BCUT2D eigenvalue weighted by Gasteiger charge is 2.49. The zero-order chi connectivity index (χ0) is 11.8. The minimum Gasteiger partial charge on any atom is -0.321 e. The predicted molar refractivity (Wildman–Crippen MR) is 64.3 cm³/mol. The fraction of sp³-hybridized carbons (Fsp3) is 0.833. The van der Waals surface area contributed by atoms with Crippen molar-refractivity contribution in [2.45, 2.75) is 57.0 Å². The van der Waals surface area contributed by atoms with E-state index >= 15 is 0 Å². The molecule has 1 aliphatic carbocycles. The molecule has 1 amide bonds. The Kier molecular flexibility index (Phi) is 3.02. The fourth-order valence-corrected chi connectivity index (χ4v) is 2.82. The standard InChI is InChI=1S/C12H21N3O/c1-3-6-9(13)10-14-12(7-4-5-8-12)11(16)15(10)2/h9H,3-8,13H2,1-2H3. The molecule has 0 aromatic heterocycles. The van der Waals surface area contributed by atoms with Crippen molar-refractivity contribution in [2.24, 2.45) is 10.7 Å². The zero-order valence-electron chi connectivity index (χ0n) is 10.2. The third-order valence-corrected chi connectivity index (χ3v) is 3.74. The van der Waals surface area contributed by atoms with Crippen LogP contribution in [0, 0.1) is 0 Å². The molecular formula is C12H21N3O. The molecule has 1 atom stereocenters. The second kappa shape index (κ2) is 4.17. The minimum atomic E-state index is -0.435. The van der Waals surface area contributed by atoms with E-state index in [1.54, 1.807) is 4.90 Å². The molecule has 4 nitrogen and oxygen atoms in total. The van der Waals surface area contributed by atoms with Crippen LogP contribution in [0.5, 0.6) is 0 Å². The van der Waals surface area contributed by atoms with Crippen molar-refractivity contribution in [3.63, 3.8) is 0 Å². The molecule has 1 saturated carbocycles. The van der Waals surface area contributed by atoms with Gasteiger partial charge in [0.25, 0.3) is 5.91 Å². The molecule has 0 saturated heterocycles. The van der Waals surface area contributed by atoms with Gasteiger partial charge in [0.05, 0.1) is 6.04 Å². The van der Waals surface area contributed by atoms with Gasteiger partial charge in [-0.25, -0.2) is 0 Å². The highest BCUT2D eigenvalue weighted by atomic mass is 16.2. The summed E-state index contributed by atoms with van der Waals surface area (Å²) in [5.41, 5.74) is 5.63. The van der Waals surface area contributed by atoms with Crippen LogP contribution in [-0.4, -0.2) is 35.3 Å². The molecule has 2 aliphatic rings. The molecule has 1 aliphatic heterocycles. The van der Waals surface area contributed by atoms with Gasteiger partial charge in [0.15, 0.2) is 0 Å². The number of likely N-dealkylation sites (N-methyl/N-ethyl adjacent to an activating group) is 1. The largest absolute Gasteiger partial charge is 0.321 e. The summed E-state index contributed by atoms with van der Waals surface area (Å²) in [5.74, 6) is 0.959. The number of amides is 1. The van der Waals surface area contributed by atoms with Crippen LogP contribution >= 0.6 is 0 Å². The van der Waals surface area contributed by atoms with Crippen LogP contribution in [0.4, 0.5) is 0 Å². The Morgan fingerprint density at radius 3 is 2.69 bits per heavy atom. The van der Waals surface area contributed by atoms with Crippen molar-refractivity contribution in [3.8, 4) is 0 Å². The number of nitrogens with two attached hydrogens (primary N) is 1. The van der Waals surface area contributed by atoms with E-state index in [1.165, 1.54) is 0 Å². The third kappa shape index (κ3) is 1.65. The Morgan fingerprint density at radius 1 is 1.50 bits per heavy atom. The average molecular weight is 223 g/mol. The summed E-state index contributed by atoms with van der Waals surface area (Å²) in [4.78, 5) is 18.6. The summed E-state index contributed by atoms with van der Waals surface area (Å²) < 4.78 is 0. The van der Waals surface area contributed by atoms with E-state index in [2.05, 4.69) is 11.9 Å². The first-order valence-electron chi connectivity index (χ1n) is 6.24. The normalized spacial score (nSPS) is 25.3. The lowest BCUT2D eigenvalue weighted by Gasteiger charge is -2.19. The number of rotatable bonds is 3. The van der Waals surface area contributed by atoms with Gasteiger partial charge in [-0.3, -0.25) is 9.79 Å². The molecule has 0 radical (unpaired) electrons. The lowest BCUT2D eigenvalue weighted by molar-refractivity contribution is -0.130. The second-order valence-corrected chi connectivity index (χ2v) is 4.97. The van der Waals surface area contributed by atoms with Crippen LogP contribution in [0.15, 0.2) is 4.99 Å². The van der Waals surface area contributed by atoms with E-state index in [-0.39, 0.29) is 11.9 Å². The Bertz CT molecular complexity index is 318. The monoisotopic (exact) mass is 223 g/mol. The Hall–Kier alpha value is -0.900. The maximum absolute atomic E-state index is 12.2. The first kappa shape index (κ1) is 11.6. The Balaban J connectivity index is 2.22. The summed E-state index contributed by atoms with van der Waals surface area (Å²) in [6.45, 7) is 2.10. The van der Waals surface area contributed by atoms with E-state index < -0.39 is 5.54 Å². The first-order valence-corrected chi connectivity index (χ1v) is 6.24. The number of aliphatic imine (C=N–C) groups is 1. The predicted octanol–water partition coefficient (Wildman–Crippen LogP) is 1.30. The van der Waals surface area contributed by atoms with Crippen molar-refractivity contribution in [1.29, 1.82) is 0 Å².